The van der Waals surface area contributed by atoms with E-state index >= 15 is 0 Å². The van der Waals surface area contributed by atoms with Gasteiger partial charge in [-0.2, -0.15) is 0 Å². The summed E-state index contributed by atoms with van der Waals surface area (Å²) in [5.41, 5.74) is -0.283. The van der Waals surface area contributed by atoms with Crippen LogP contribution in [0.3, 0.4) is 0 Å². The van der Waals surface area contributed by atoms with Crippen LogP contribution in [0, 0.1) is 10.1 Å². The van der Waals surface area contributed by atoms with Crippen molar-refractivity contribution in [3.8, 4) is 0 Å². The van der Waals surface area contributed by atoms with Crippen molar-refractivity contribution >= 4 is 27.9 Å². The summed E-state index contributed by atoms with van der Waals surface area (Å²) in [6.07, 6.45) is 2.79. The molecule has 0 bridgehead atoms. The lowest BCUT2D eigenvalue weighted by atomic mass is 10.2. The van der Waals surface area contributed by atoms with Gasteiger partial charge in [0.05, 0.1) is 9.40 Å². The Morgan fingerprint density at radius 3 is 2.67 bits per heavy atom. The Balaban J connectivity index is 3.37. The van der Waals surface area contributed by atoms with Gasteiger partial charge in [0.25, 0.3) is 5.69 Å². The standard InChI is InChI=1S/C6H3BrN2O3/c7-5-1-8-2-6(9(11)12)4(5)3-10/h1-3H. The van der Waals surface area contributed by atoms with Crippen molar-refractivity contribution in [3.05, 3.63) is 32.5 Å². The molecule has 62 valence electrons. The van der Waals surface area contributed by atoms with E-state index in [1.165, 1.54) is 6.20 Å². The number of carbonyl (C=O) groups excluding carboxylic acids is 1. The normalized spacial score (nSPS) is 9.42. The van der Waals surface area contributed by atoms with Gasteiger partial charge in [-0.25, -0.2) is 0 Å². The first-order valence-corrected chi connectivity index (χ1v) is 3.69. The lowest BCUT2D eigenvalue weighted by Gasteiger charge is -1.95. The highest BCUT2D eigenvalue weighted by Crippen LogP contribution is 2.22. The Morgan fingerprint density at radius 1 is 1.58 bits per heavy atom. The molecule has 0 spiro atoms. The van der Waals surface area contributed by atoms with Gasteiger partial charge in [-0.05, 0) is 15.9 Å². The minimum atomic E-state index is -0.651. The lowest BCUT2D eigenvalue weighted by molar-refractivity contribution is -0.385. The first-order chi connectivity index (χ1) is 5.66. The maximum Gasteiger partial charge on any atom is 0.299 e. The summed E-state index contributed by atoms with van der Waals surface area (Å²) < 4.78 is 0.326. The summed E-state index contributed by atoms with van der Waals surface area (Å²) in [6.45, 7) is 0. The molecule has 12 heavy (non-hydrogen) atoms. The average molecular weight is 231 g/mol. The van der Waals surface area contributed by atoms with Crippen LogP contribution in [0.5, 0.6) is 0 Å². The molecule has 0 aliphatic heterocycles. The second-order valence-electron chi connectivity index (χ2n) is 1.93. The molecule has 1 aromatic heterocycles. The van der Waals surface area contributed by atoms with Gasteiger partial charge >= 0.3 is 0 Å². The number of rotatable bonds is 2. The van der Waals surface area contributed by atoms with E-state index in [0.29, 0.717) is 10.8 Å². The van der Waals surface area contributed by atoms with Gasteiger partial charge in [-0.3, -0.25) is 19.9 Å². The monoisotopic (exact) mass is 230 g/mol. The van der Waals surface area contributed by atoms with E-state index in [0.717, 1.165) is 6.20 Å². The van der Waals surface area contributed by atoms with Gasteiger partial charge in [0.15, 0.2) is 6.29 Å². The fourth-order valence-corrected chi connectivity index (χ4v) is 1.11. The van der Waals surface area contributed by atoms with Crippen LogP contribution in [0.25, 0.3) is 0 Å². The zero-order valence-electron chi connectivity index (χ0n) is 5.73. The molecule has 1 heterocycles. The molecule has 6 heteroatoms. The van der Waals surface area contributed by atoms with E-state index in [-0.39, 0.29) is 11.3 Å². The number of halogens is 1. The molecule has 1 rings (SSSR count). The molecule has 0 amide bonds. The number of nitrogens with zero attached hydrogens (tertiary/aromatic N) is 2. The molecule has 0 saturated heterocycles. The highest BCUT2D eigenvalue weighted by Gasteiger charge is 2.15. The molecule has 0 N–H and O–H groups in total. The molecular weight excluding hydrogens is 228 g/mol. The van der Waals surface area contributed by atoms with E-state index in [1.54, 1.807) is 0 Å². The van der Waals surface area contributed by atoms with Crippen molar-refractivity contribution in [1.29, 1.82) is 0 Å². The van der Waals surface area contributed by atoms with Gasteiger partial charge < -0.3 is 0 Å². The second-order valence-corrected chi connectivity index (χ2v) is 2.78. The third kappa shape index (κ3) is 1.48. The summed E-state index contributed by atoms with van der Waals surface area (Å²) in [5.74, 6) is 0. The number of aromatic nitrogens is 1. The van der Waals surface area contributed by atoms with Crippen molar-refractivity contribution in [1.82, 2.24) is 4.98 Å². The maximum absolute atomic E-state index is 10.4. The molecule has 1 aromatic rings. The van der Waals surface area contributed by atoms with Crippen LogP contribution in [0.15, 0.2) is 16.9 Å². The van der Waals surface area contributed by atoms with Gasteiger partial charge in [0.1, 0.15) is 11.8 Å². The van der Waals surface area contributed by atoms with Crippen LogP contribution in [-0.4, -0.2) is 16.2 Å². The highest BCUT2D eigenvalue weighted by molar-refractivity contribution is 9.10. The molecule has 0 aliphatic carbocycles. The van der Waals surface area contributed by atoms with Crippen LogP contribution in [0.2, 0.25) is 0 Å². The maximum atomic E-state index is 10.4. The van der Waals surface area contributed by atoms with E-state index in [2.05, 4.69) is 20.9 Å². The van der Waals surface area contributed by atoms with Gasteiger partial charge in [0.2, 0.25) is 0 Å². The summed E-state index contributed by atoms with van der Waals surface area (Å²) >= 11 is 2.98. The molecule has 0 atom stereocenters. The van der Waals surface area contributed by atoms with E-state index in [1.807, 2.05) is 0 Å². The van der Waals surface area contributed by atoms with Crippen LogP contribution in [-0.2, 0) is 0 Å². The third-order valence-corrected chi connectivity index (χ3v) is 1.86. The summed E-state index contributed by atoms with van der Waals surface area (Å²) in [5, 5.41) is 10.3. The van der Waals surface area contributed by atoms with Crippen LogP contribution in [0.4, 0.5) is 5.69 Å². The molecule has 5 nitrogen and oxygen atoms in total. The predicted molar refractivity (Wildman–Crippen MR) is 44.0 cm³/mol. The van der Waals surface area contributed by atoms with Crippen molar-refractivity contribution < 1.29 is 9.72 Å². The molecular formula is C6H3BrN2O3. The van der Waals surface area contributed by atoms with Crippen LogP contribution < -0.4 is 0 Å². The predicted octanol–water partition coefficient (Wildman–Crippen LogP) is 1.56. The minimum absolute atomic E-state index is 0.00926. The molecule has 0 radical (unpaired) electrons. The van der Waals surface area contributed by atoms with Crippen LogP contribution >= 0.6 is 15.9 Å². The fourth-order valence-electron chi connectivity index (χ4n) is 0.697. The SMILES string of the molecule is O=Cc1c(Br)cncc1[N+](=O)[O-]. The van der Waals surface area contributed by atoms with E-state index in [9.17, 15) is 14.9 Å². The Hall–Kier alpha value is -1.30. The molecule has 0 fully saturated rings. The van der Waals surface area contributed by atoms with Crippen molar-refractivity contribution in [2.75, 3.05) is 0 Å². The first kappa shape index (κ1) is 8.79. The largest absolute Gasteiger partial charge is 0.299 e. The van der Waals surface area contributed by atoms with Gasteiger partial charge in [0, 0.05) is 6.20 Å². The zero-order valence-corrected chi connectivity index (χ0v) is 7.32. The Morgan fingerprint density at radius 2 is 2.25 bits per heavy atom. The summed E-state index contributed by atoms with van der Waals surface area (Å²) in [4.78, 5) is 23.6. The topological polar surface area (TPSA) is 73.1 Å². The lowest BCUT2D eigenvalue weighted by Crippen LogP contribution is -1.96. The molecule has 0 unspecified atom stereocenters. The number of hydrogen-bond donors (Lipinski definition) is 0. The average Bonchev–Trinajstić information content (AvgIpc) is 2.03. The highest BCUT2D eigenvalue weighted by atomic mass is 79.9. The first-order valence-electron chi connectivity index (χ1n) is 2.90. The second kappa shape index (κ2) is 3.40. The van der Waals surface area contributed by atoms with Crippen molar-refractivity contribution in [2.45, 2.75) is 0 Å². The van der Waals surface area contributed by atoms with Crippen molar-refractivity contribution in [3.63, 3.8) is 0 Å². The summed E-state index contributed by atoms with van der Waals surface area (Å²) in [7, 11) is 0. The smallest absolute Gasteiger partial charge is 0.298 e. The number of aldehydes is 1. The number of pyridine rings is 1. The number of hydrogen-bond acceptors (Lipinski definition) is 4. The molecule has 0 aromatic carbocycles. The Bertz CT molecular complexity index is 340. The summed E-state index contributed by atoms with van der Waals surface area (Å²) in [6, 6.07) is 0. The zero-order chi connectivity index (χ0) is 9.14. The quantitative estimate of drug-likeness (QED) is 0.439. The van der Waals surface area contributed by atoms with Gasteiger partial charge in [-0.1, -0.05) is 0 Å². The van der Waals surface area contributed by atoms with Crippen molar-refractivity contribution in [2.24, 2.45) is 0 Å². The van der Waals surface area contributed by atoms with Gasteiger partial charge in [-0.15, -0.1) is 0 Å². The Kier molecular flexibility index (Phi) is 2.49. The van der Waals surface area contributed by atoms with E-state index < -0.39 is 4.92 Å². The molecule has 0 saturated carbocycles. The number of carbonyl (C=O) groups is 1. The minimum Gasteiger partial charge on any atom is -0.298 e. The Labute approximate surface area is 75.7 Å². The number of nitro groups is 1. The van der Waals surface area contributed by atoms with E-state index in [4.69, 9.17) is 0 Å². The third-order valence-electron chi connectivity index (χ3n) is 1.23. The van der Waals surface area contributed by atoms with Crippen LogP contribution in [0.1, 0.15) is 10.4 Å². The molecule has 0 aliphatic rings. The fraction of sp³-hybridized carbons (Fsp3) is 0.